The van der Waals surface area contributed by atoms with Gasteiger partial charge in [-0.2, -0.15) is 0 Å². The number of ether oxygens (including phenoxy) is 2. The van der Waals surface area contributed by atoms with Crippen molar-refractivity contribution in [1.82, 2.24) is 0 Å². The summed E-state index contributed by atoms with van der Waals surface area (Å²) in [5.74, 6) is -1.01. The van der Waals surface area contributed by atoms with Gasteiger partial charge in [0.1, 0.15) is 19.8 Å². The van der Waals surface area contributed by atoms with Crippen LogP contribution in [-0.2, 0) is 32.7 Å². The summed E-state index contributed by atoms with van der Waals surface area (Å²) < 4.78 is 33.7. The largest absolute Gasteiger partial charge is 0.756 e. The van der Waals surface area contributed by atoms with E-state index in [2.05, 4.69) is 92.8 Å². The summed E-state index contributed by atoms with van der Waals surface area (Å²) in [4.78, 5) is 37.5. The maximum absolute atomic E-state index is 12.6. The van der Waals surface area contributed by atoms with Crippen LogP contribution in [0.1, 0.15) is 142 Å². The molecule has 0 aromatic heterocycles. The third-order valence-electron chi connectivity index (χ3n) is 8.62. The lowest BCUT2D eigenvalue weighted by molar-refractivity contribution is -0.870. The molecule has 330 valence electrons. The second-order valence-corrected chi connectivity index (χ2v) is 16.7. The number of nitrogens with zero attached hydrogens (tertiary/aromatic N) is 1. The lowest BCUT2D eigenvalue weighted by Gasteiger charge is -2.28. The normalized spacial score (nSPS) is 14.5. The molecule has 10 heteroatoms. The minimum absolute atomic E-state index is 0.0159. The fraction of sp³-hybridized carbons (Fsp3) is 0.625. The summed E-state index contributed by atoms with van der Waals surface area (Å²) in [6, 6.07) is 0. The average molecular weight is 830 g/mol. The minimum atomic E-state index is -4.66. The van der Waals surface area contributed by atoms with Crippen LogP contribution in [0.15, 0.2) is 97.2 Å². The second-order valence-electron chi connectivity index (χ2n) is 15.3. The molecule has 0 bridgehead atoms. The number of carbonyl (C=O) groups excluding carboxylic acids is 2. The molecule has 0 saturated carbocycles. The molecule has 2 atom stereocenters. The molecule has 0 heterocycles. The fourth-order valence-electron chi connectivity index (χ4n) is 5.21. The first-order valence-corrected chi connectivity index (χ1v) is 23.4. The highest BCUT2D eigenvalue weighted by molar-refractivity contribution is 7.45. The molecule has 0 saturated heterocycles. The van der Waals surface area contributed by atoms with E-state index < -0.39 is 32.5 Å². The molecular formula is C48H80NO8P. The lowest BCUT2D eigenvalue weighted by atomic mass is 10.1. The molecule has 0 aromatic rings. The monoisotopic (exact) mass is 830 g/mol. The minimum Gasteiger partial charge on any atom is -0.756 e. The number of esters is 2. The Balaban J connectivity index is 4.51. The molecule has 0 fully saturated rings. The molecule has 0 aliphatic heterocycles. The second kappa shape index (κ2) is 39.4. The van der Waals surface area contributed by atoms with E-state index >= 15 is 0 Å². The standard InChI is InChI=1S/C48H80NO8P/c1-6-8-10-12-14-16-18-20-22-23-24-25-27-28-30-32-34-36-38-40-47(50)54-44-46(45-56-58(52,53)55-43-42-49(3,4)5)57-48(51)41-39-37-35-33-31-29-26-21-19-17-15-13-11-9-7-2/h9,11,14-17,20-22,24-26,31,33,37,39,46H,6-8,10,12-13,18-19,23,27-30,32,34-36,38,40-45H2,1-5H3/b11-9-,16-14-,17-15-,22-20-,25-24-,26-21-,33-31-,39-37-. The van der Waals surface area contributed by atoms with Crippen molar-refractivity contribution in [2.24, 2.45) is 0 Å². The van der Waals surface area contributed by atoms with Crippen molar-refractivity contribution in [3.05, 3.63) is 97.2 Å². The van der Waals surface area contributed by atoms with Gasteiger partial charge >= 0.3 is 11.9 Å². The van der Waals surface area contributed by atoms with Crippen LogP contribution < -0.4 is 4.89 Å². The topological polar surface area (TPSA) is 111 Å². The Bertz CT molecular complexity index is 1300. The van der Waals surface area contributed by atoms with Crippen molar-refractivity contribution in [2.45, 2.75) is 148 Å². The Labute approximate surface area is 353 Å². The molecule has 9 nitrogen and oxygen atoms in total. The molecule has 58 heavy (non-hydrogen) atoms. The number of unbranched alkanes of at least 4 members (excludes halogenated alkanes) is 9. The molecule has 0 N–H and O–H groups in total. The number of phosphoric ester groups is 1. The van der Waals surface area contributed by atoms with Gasteiger partial charge < -0.3 is 27.9 Å². The van der Waals surface area contributed by atoms with Crippen LogP contribution in [0.3, 0.4) is 0 Å². The first-order chi connectivity index (χ1) is 28.0. The van der Waals surface area contributed by atoms with Crippen LogP contribution in [0.5, 0.6) is 0 Å². The molecule has 0 aromatic carbocycles. The van der Waals surface area contributed by atoms with Gasteiger partial charge in [0.2, 0.25) is 0 Å². The van der Waals surface area contributed by atoms with Crippen LogP contribution in [0.2, 0.25) is 0 Å². The highest BCUT2D eigenvalue weighted by atomic mass is 31.2. The van der Waals surface area contributed by atoms with Crippen molar-refractivity contribution in [3.8, 4) is 0 Å². The van der Waals surface area contributed by atoms with Crippen LogP contribution in [-0.4, -0.2) is 70.0 Å². The quantitative estimate of drug-likeness (QED) is 0.0199. The third kappa shape index (κ3) is 42.5. The third-order valence-corrected chi connectivity index (χ3v) is 9.59. The van der Waals surface area contributed by atoms with E-state index in [0.29, 0.717) is 23.9 Å². The summed E-state index contributed by atoms with van der Waals surface area (Å²) in [5, 5.41) is 0. The summed E-state index contributed by atoms with van der Waals surface area (Å²) >= 11 is 0. The molecule has 0 amide bonds. The average Bonchev–Trinajstić information content (AvgIpc) is 3.17. The Morgan fingerprint density at radius 2 is 1.03 bits per heavy atom. The van der Waals surface area contributed by atoms with Gasteiger partial charge in [-0.3, -0.25) is 14.2 Å². The van der Waals surface area contributed by atoms with Crippen molar-refractivity contribution in [1.29, 1.82) is 0 Å². The van der Waals surface area contributed by atoms with E-state index in [1.165, 1.54) is 25.7 Å². The number of carbonyl (C=O) groups is 2. The number of allylic oxidation sites excluding steroid dienone is 15. The maximum Gasteiger partial charge on any atom is 0.310 e. The number of rotatable bonds is 38. The smallest absolute Gasteiger partial charge is 0.310 e. The van der Waals surface area contributed by atoms with E-state index in [9.17, 15) is 19.0 Å². The van der Waals surface area contributed by atoms with Gasteiger partial charge in [0.25, 0.3) is 7.82 Å². The van der Waals surface area contributed by atoms with E-state index in [4.69, 9.17) is 18.5 Å². The number of likely N-dealkylation sites (N-methyl/N-ethyl adjacent to an activating group) is 1. The zero-order chi connectivity index (χ0) is 42.8. The summed E-state index contributed by atoms with van der Waals surface area (Å²) in [6.45, 7) is 3.93. The van der Waals surface area contributed by atoms with Crippen LogP contribution in [0.4, 0.5) is 0 Å². The molecule has 0 aliphatic rings. The van der Waals surface area contributed by atoms with Gasteiger partial charge in [-0.15, -0.1) is 0 Å². The van der Waals surface area contributed by atoms with Gasteiger partial charge in [-0.1, -0.05) is 150 Å². The first kappa shape index (κ1) is 54.9. The van der Waals surface area contributed by atoms with E-state index in [0.717, 1.165) is 77.0 Å². The summed E-state index contributed by atoms with van der Waals surface area (Å²) in [7, 11) is 1.08. The van der Waals surface area contributed by atoms with Crippen molar-refractivity contribution < 1.29 is 42.1 Å². The summed E-state index contributed by atoms with van der Waals surface area (Å²) in [6.07, 6.45) is 51.8. The Hall–Kier alpha value is -3.07. The van der Waals surface area contributed by atoms with Crippen LogP contribution in [0, 0.1) is 0 Å². The summed E-state index contributed by atoms with van der Waals surface area (Å²) in [5.41, 5.74) is 0. The van der Waals surface area contributed by atoms with E-state index in [1.54, 1.807) is 6.08 Å². The van der Waals surface area contributed by atoms with Crippen molar-refractivity contribution >= 4 is 19.8 Å². The van der Waals surface area contributed by atoms with Crippen LogP contribution in [0.25, 0.3) is 0 Å². The van der Waals surface area contributed by atoms with Gasteiger partial charge in [-0.05, 0) is 77.0 Å². The maximum atomic E-state index is 12.6. The number of hydrogen-bond donors (Lipinski definition) is 0. The van der Waals surface area contributed by atoms with Crippen LogP contribution >= 0.6 is 7.82 Å². The predicted molar refractivity (Wildman–Crippen MR) is 240 cm³/mol. The number of hydrogen-bond acceptors (Lipinski definition) is 8. The molecule has 0 radical (unpaired) electrons. The van der Waals surface area contributed by atoms with Crippen molar-refractivity contribution in [3.63, 3.8) is 0 Å². The van der Waals surface area contributed by atoms with E-state index in [1.807, 2.05) is 33.3 Å². The zero-order valence-electron chi connectivity index (χ0n) is 36.9. The first-order valence-electron chi connectivity index (χ1n) is 21.9. The molecule has 2 unspecified atom stereocenters. The van der Waals surface area contributed by atoms with Gasteiger partial charge in [0, 0.05) is 6.42 Å². The Morgan fingerprint density at radius 1 is 0.569 bits per heavy atom. The Kier molecular flexibility index (Phi) is 37.3. The molecular weight excluding hydrogens is 750 g/mol. The highest BCUT2D eigenvalue weighted by Crippen LogP contribution is 2.38. The predicted octanol–water partition coefficient (Wildman–Crippen LogP) is 11.9. The van der Waals surface area contributed by atoms with E-state index in [-0.39, 0.29) is 26.1 Å². The van der Waals surface area contributed by atoms with Gasteiger partial charge in [0.15, 0.2) is 6.10 Å². The number of phosphoric acid groups is 1. The number of quaternary nitrogens is 1. The lowest BCUT2D eigenvalue weighted by Crippen LogP contribution is -2.37. The SMILES string of the molecule is CC/C=C\C/C=C\C/C=C\C/C=C\C/C=C\CC(=O)OC(COC(=O)CCCCCCCC/C=C\C/C=C\C/C=C\CCCCC)COP(=O)([O-])OCC[N+](C)(C)C. The zero-order valence-corrected chi connectivity index (χ0v) is 37.8. The fourth-order valence-corrected chi connectivity index (χ4v) is 5.93. The Morgan fingerprint density at radius 3 is 1.55 bits per heavy atom. The van der Waals surface area contributed by atoms with Gasteiger partial charge in [0.05, 0.1) is 34.2 Å². The molecule has 0 spiro atoms. The molecule has 0 rings (SSSR count). The van der Waals surface area contributed by atoms with Gasteiger partial charge in [-0.25, -0.2) is 0 Å². The van der Waals surface area contributed by atoms with Crippen molar-refractivity contribution in [2.75, 3.05) is 47.5 Å². The highest BCUT2D eigenvalue weighted by Gasteiger charge is 2.21. The molecule has 0 aliphatic carbocycles.